The van der Waals surface area contributed by atoms with Gasteiger partial charge in [-0.15, -0.1) is 0 Å². The molecule has 2 aliphatic heterocycles. The molecule has 0 aromatic carbocycles. The fraction of sp³-hybridized carbons (Fsp3) is 0.591. The number of rotatable bonds is 5. The van der Waals surface area contributed by atoms with E-state index < -0.39 is 0 Å². The van der Waals surface area contributed by atoms with Gasteiger partial charge in [0.25, 0.3) is 0 Å². The highest BCUT2D eigenvalue weighted by atomic mass is 16.5. The fourth-order valence-corrected chi connectivity index (χ4v) is 4.58. The minimum absolute atomic E-state index is 0.0208. The van der Waals surface area contributed by atoms with Gasteiger partial charge in [-0.2, -0.15) is 0 Å². The van der Waals surface area contributed by atoms with Crippen LogP contribution < -0.4 is 4.90 Å². The Morgan fingerprint density at radius 1 is 1.17 bits per heavy atom. The number of likely N-dealkylation sites (tertiary alicyclic amines) is 1. The molecule has 4 rings (SSSR count). The number of morpholine rings is 1. The van der Waals surface area contributed by atoms with Gasteiger partial charge in [0.1, 0.15) is 5.76 Å². The molecule has 0 N–H and O–H groups in total. The summed E-state index contributed by atoms with van der Waals surface area (Å²) in [5, 5.41) is 0. The van der Waals surface area contributed by atoms with Crippen molar-refractivity contribution in [2.24, 2.45) is 5.92 Å². The Morgan fingerprint density at radius 2 is 1.93 bits per heavy atom. The number of carbonyl (C=O) groups excluding carboxylic acids is 1. The summed E-state index contributed by atoms with van der Waals surface area (Å²) < 4.78 is 11.4. The molecule has 4 heterocycles. The van der Waals surface area contributed by atoms with Crippen LogP contribution in [0.3, 0.4) is 0 Å². The third-order valence-corrected chi connectivity index (χ3v) is 5.86. The largest absolute Gasteiger partial charge is 0.468 e. The maximum Gasteiger partial charge on any atom is 0.227 e. The van der Waals surface area contributed by atoms with E-state index in [-0.39, 0.29) is 30.0 Å². The molecule has 0 radical (unpaired) electrons. The van der Waals surface area contributed by atoms with Gasteiger partial charge >= 0.3 is 0 Å². The lowest BCUT2D eigenvalue weighted by Gasteiger charge is -2.35. The molecule has 0 saturated carbocycles. The van der Waals surface area contributed by atoms with E-state index in [1.807, 2.05) is 38.5 Å². The number of hydrogen-bond acceptors (Lipinski definition) is 7. The second kappa shape index (κ2) is 8.73. The van der Waals surface area contributed by atoms with Crippen LogP contribution in [-0.4, -0.2) is 78.2 Å². The van der Waals surface area contributed by atoms with Crippen LogP contribution in [0.25, 0.3) is 0 Å². The van der Waals surface area contributed by atoms with E-state index in [0.717, 1.165) is 37.0 Å². The van der Waals surface area contributed by atoms with Crippen molar-refractivity contribution >= 4 is 11.9 Å². The van der Waals surface area contributed by atoms with Crippen LogP contribution in [0.1, 0.15) is 31.2 Å². The van der Waals surface area contributed by atoms with E-state index in [2.05, 4.69) is 28.6 Å². The van der Waals surface area contributed by atoms with Gasteiger partial charge in [0.15, 0.2) is 0 Å². The molecule has 162 valence electrons. The van der Waals surface area contributed by atoms with Crippen molar-refractivity contribution in [1.82, 2.24) is 19.8 Å². The Morgan fingerprint density at radius 3 is 2.60 bits per heavy atom. The predicted molar refractivity (Wildman–Crippen MR) is 113 cm³/mol. The lowest BCUT2D eigenvalue weighted by atomic mass is 9.91. The molecular formula is C22H31N5O3. The molecule has 2 aromatic rings. The highest BCUT2D eigenvalue weighted by Crippen LogP contribution is 2.34. The number of nitrogens with zero attached hydrogens (tertiary/aromatic N) is 5. The molecule has 0 spiro atoms. The van der Waals surface area contributed by atoms with Crippen molar-refractivity contribution < 1.29 is 13.9 Å². The molecule has 0 aliphatic carbocycles. The standard InChI is InChI=1S/C22H31N5O3/c1-15-10-27(11-16(2)30-15)22-23-8-7-20(24-22)18-13-26(12-17-6-5-9-29-17)14-19(18)21(28)25(3)4/h5-9,15-16,18-19H,10-14H2,1-4H3/t15-,16+,18-,19-/m1/s1. The van der Waals surface area contributed by atoms with Crippen molar-refractivity contribution in [1.29, 1.82) is 0 Å². The smallest absolute Gasteiger partial charge is 0.227 e. The average molecular weight is 414 g/mol. The minimum Gasteiger partial charge on any atom is -0.468 e. The third kappa shape index (κ3) is 4.49. The monoisotopic (exact) mass is 413 g/mol. The number of amides is 1. The first kappa shape index (κ1) is 20.8. The molecule has 0 unspecified atom stereocenters. The Labute approximate surface area is 177 Å². The van der Waals surface area contributed by atoms with Crippen LogP contribution in [-0.2, 0) is 16.1 Å². The zero-order valence-corrected chi connectivity index (χ0v) is 18.2. The van der Waals surface area contributed by atoms with E-state index in [9.17, 15) is 4.79 Å². The van der Waals surface area contributed by atoms with Gasteiger partial charge in [-0.05, 0) is 32.0 Å². The van der Waals surface area contributed by atoms with Crippen molar-refractivity contribution in [2.75, 3.05) is 45.2 Å². The number of anilines is 1. The van der Waals surface area contributed by atoms with Crippen LogP contribution in [0, 0.1) is 5.92 Å². The molecule has 8 heteroatoms. The van der Waals surface area contributed by atoms with Crippen LogP contribution in [0.2, 0.25) is 0 Å². The average Bonchev–Trinajstić information content (AvgIpc) is 3.37. The van der Waals surface area contributed by atoms with E-state index in [1.165, 1.54) is 0 Å². The van der Waals surface area contributed by atoms with Crippen LogP contribution >= 0.6 is 0 Å². The summed E-state index contributed by atoms with van der Waals surface area (Å²) in [6.07, 6.45) is 3.78. The summed E-state index contributed by atoms with van der Waals surface area (Å²) in [7, 11) is 3.63. The number of carbonyl (C=O) groups is 1. The zero-order chi connectivity index (χ0) is 21.3. The molecule has 30 heavy (non-hydrogen) atoms. The summed E-state index contributed by atoms with van der Waals surface area (Å²) in [6, 6.07) is 5.82. The van der Waals surface area contributed by atoms with Crippen molar-refractivity contribution in [3.8, 4) is 0 Å². The molecule has 2 aromatic heterocycles. The number of ether oxygens (including phenoxy) is 1. The highest BCUT2D eigenvalue weighted by Gasteiger charge is 2.40. The van der Waals surface area contributed by atoms with Crippen molar-refractivity contribution in [3.05, 3.63) is 42.1 Å². The summed E-state index contributed by atoms with van der Waals surface area (Å²) in [5.74, 6) is 1.64. The minimum atomic E-state index is -0.139. The van der Waals surface area contributed by atoms with Gasteiger partial charge in [0.2, 0.25) is 11.9 Å². The van der Waals surface area contributed by atoms with E-state index in [1.54, 1.807) is 11.2 Å². The first-order valence-corrected chi connectivity index (χ1v) is 10.6. The number of furan rings is 1. The summed E-state index contributed by atoms with van der Waals surface area (Å²) in [6.45, 7) is 7.82. The molecule has 0 bridgehead atoms. The molecule has 1 amide bonds. The van der Waals surface area contributed by atoms with E-state index in [4.69, 9.17) is 14.1 Å². The van der Waals surface area contributed by atoms with Gasteiger partial charge in [0.05, 0.1) is 36.6 Å². The van der Waals surface area contributed by atoms with Gasteiger partial charge in [-0.3, -0.25) is 9.69 Å². The van der Waals surface area contributed by atoms with Crippen LogP contribution in [0.5, 0.6) is 0 Å². The molecule has 2 fully saturated rings. The zero-order valence-electron chi connectivity index (χ0n) is 18.2. The SMILES string of the molecule is C[C@@H]1CN(c2nccc([C@@H]3CN(Cc4ccco4)C[C@H]3C(=O)N(C)C)n2)C[C@H](C)O1. The third-order valence-electron chi connectivity index (χ3n) is 5.86. The lowest BCUT2D eigenvalue weighted by molar-refractivity contribution is -0.133. The quantitative estimate of drug-likeness (QED) is 0.742. The summed E-state index contributed by atoms with van der Waals surface area (Å²) in [4.78, 5) is 28.5. The Hall–Kier alpha value is -2.45. The summed E-state index contributed by atoms with van der Waals surface area (Å²) >= 11 is 0. The normalized spacial score (nSPS) is 27.4. The maximum atomic E-state index is 13.0. The number of hydrogen-bond donors (Lipinski definition) is 0. The first-order chi connectivity index (χ1) is 14.4. The summed E-state index contributed by atoms with van der Waals surface area (Å²) in [5.41, 5.74) is 0.925. The predicted octanol–water partition coefficient (Wildman–Crippen LogP) is 1.99. The second-order valence-electron chi connectivity index (χ2n) is 8.66. The van der Waals surface area contributed by atoms with Crippen LogP contribution in [0.15, 0.2) is 35.1 Å². The molecule has 2 aliphatic rings. The van der Waals surface area contributed by atoms with Gasteiger partial charge in [-0.25, -0.2) is 9.97 Å². The first-order valence-electron chi connectivity index (χ1n) is 10.6. The molecule has 4 atom stereocenters. The molecule has 2 saturated heterocycles. The maximum absolute atomic E-state index is 13.0. The van der Waals surface area contributed by atoms with Crippen LogP contribution in [0.4, 0.5) is 5.95 Å². The van der Waals surface area contributed by atoms with E-state index in [0.29, 0.717) is 13.1 Å². The highest BCUT2D eigenvalue weighted by molar-refractivity contribution is 5.80. The Balaban J connectivity index is 1.57. The second-order valence-corrected chi connectivity index (χ2v) is 8.66. The van der Waals surface area contributed by atoms with E-state index >= 15 is 0 Å². The Kier molecular flexibility index (Phi) is 6.06. The van der Waals surface area contributed by atoms with Crippen molar-refractivity contribution in [2.45, 2.75) is 38.5 Å². The molecular weight excluding hydrogens is 382 g/mol. The lowest BCUT2D eigenvalue weighted by Crippen LogP contribution is -2.46. The fourth-order valence-electron chi connectivity index (χ4n) is 4.58. The van der Waals surface area contributed by atoms with Gasteiger partial charge in [-0.1, -0.05) is 0 Å². The Bertz CT molecular complexity index is 846. The van der Waals surface area contributed by atoms with Gasteiger partial charge < -0.3 is 19.0 Å². The molecule has 8 nitrogen and oxygen atoms in total. The topological polar surface area (TPSA) is 74.9 Å². The number of aromatic nitrogens is 2. The van der Waals surface area contributed by atoms with Crippen molar-refractivity contribution in [3.63, 3.8) is 0 Å². The van der Waals surface area contributed by atoms with Gasteiger partial charge in [0, 0.05) is 52.4 Å².